The molecule has 4 nitrogen and oxygen atoms in total. The summed E-state index contributed by atoms with van der Waals surface area (Å²) in [6.07, 6.45) is 5.45. The summed E-state index contributed by atoms with van der Waals surface area (Å²) in [6, 6.07) is 19.5. The first-order chi connectivity index (χ1) is 11.8. The number of rotatable bonds is 7. The molecule has 2 aromatic carbocycles. The van der Waals surface area contributed by atoms with Crippen molar-refractivity contribution in [3.05, 3.63) is 84.1 Å². The number of hydrogen-bond donors (Lipinski definition) is 1. The van der Waals surface area contributed by atoms with Gasteiger partial charge in [-0.1, -0.05) is 66.7 Å². The van der Waals surface area contributed by atoms with Crippen LogP contribution in [0.25, 0.3) is 0 Å². The molecule has 1 aliphatic heterocycles. The van der Waals surface area contributed by atoms with Crippen molar-refractivity contribution >= 4 is 7.60 Å². The van der Waals surface area contributed by atoms with Crippen molar-refractivity contribution in [2.24, 2.45) is 0 Å². The topological polar surface area (TPSA) is 47.6 Å². The number of nitrogens with one attached hydrogen (secondary N) is 1. The molecule has 0 fully saturated rings. The SMILES string of the molecule is O=P(OCc1ccccc1)(OCc1ccccc1)C1CCC=CN1. The molecule has 0 saturated heterocycles. The largest absolute Gasteiger partial charge is 0.378 e. The van der Waals surface area contributed by atoms with E-state index in [-0.39, 0.29) is 19.0 Å². The predicted molar refractivity (Wildman–Crippen MR) is 95.4 cm³/mol. The van der Waals surface area contributed by atoms with E-state index in [0.29, 0.717) is 0 Å². The zero-order valence-electron chi connectivity index (χ0n) is 13.5. The second-order valence-electron chi connectivity index (χ2n) is 5.72. The molecule has 1 unspecified atom stereocenters. The Hall–Kier alpha value is -1.87. The Kier molecular flexibility index (Phi) is 5.86. The summed E-state index contributed by atoms with van der Waals surface area (Å²) in [5.41, 5.74) is 1.96. The second kappa shape index (κ2) is 8.29. The minimum atomic E-state index is -3.29. The highest BCUT2D eigenvalue weighted by Gasteiger charge is 2.36. The molecule has 126 valence electrons. The van der Waals surface area contributed by atoms with Crippen molar-refractivity contribution in [1.82, 2.24) is 5.32 Å². The second-order valence-corrected chi connectivity index (χ2v) is 7.94. The van der Waals surface area contributed by atoms with Crippen LogP contribution >= 0.6 is 7.60 Å². The average Bonchev–Trinajstić information content (AvgIpc) is 2.67. The summed E-state index contributed by atoms with van der Waals surface area (Å²) in [4.78, 5) is 0. The minimum absolute atomic E-state index is 0.273. The fourth-order valence-corrected chi connectivity index (χ4v) is 4.37. The van der Waals surface area contributed by atoms with E-state index in [2.05, 4.69) is 5.32 Å². The summed E-state index contributed by atoms with van der Waals surface area (Å²) in [5.74, 6) is -0.310. The maximum atomic E-state index is 13.4. The van der Waals surface area contributed by atoms with Crippen molar-refractivity contribution in [1.29, 1.82) is 0 Å². The van der Waals surface area contributed by atoms with Gasteiger partial charge in [0.15, 0.2) is 0 Å². The minimum Gasteiger partial charge on any atom is -0.378 e. The van der Waals surface area contributed by atoms with Gasteiger partial charge in [0, 0.05) is 0 Å². The summed E-state index contributed by atoms with van der Waals surface area (Å²) in [7, 11) is -3.29. The third-order valence-corrected chi connectivity index (χ3v) is 6.05. The third-order valence-electron chi connectivity index (χ3n) is 3.90. The summed E-state index contributed by atoms with van der Waals surface area (Å²) >= 11 is 0. The van der Waals surface area contributed by atoms with E-state index < -0.39 is 7.60 Å². The Morgan fingerprint density at radius 3 is 1.92 bits per heavy atom. The molecule has 1 atom stereocenters. The highest BCUT2D eigenvalue weighted by molar-refractivity contribution is 7.54. The van der Waals surface area contributed by atoms with Gasteiger partial charge in [0.2, 0.25) is 0 Å². The maximum absolute atomic E-state index is 13.4. The van der Waals surface area contributed by atoms with Crippen LogP contribution in [0.1, 0.15) is 24.0 Å². The van der Waals surface area contributed by atoms with Crippen molar-refractivity contribution in [2.45, 2.75) is 31.8 Å². The van der Waals surface area contributed by atoms with Crippen LogP contribution in [0.4, 0.5) is 0 Å². The predicted octanol–water partition coefficient (Wildman–Crippen LogP) is 4.84. The average molecular weight is 343 g/mol. The van der Waals surface area contributed by atoms with Crippen LogP contribution in [0.3, 0.4) is 0 Å². The highest BCUT2D eigenvalue weighted by Crippen LogP contribution is 2.55. The van der Waals surface area contributed by atoms with E-state index in [1.165, 1.54) is 0 Å². The van der Waals surface area contributed by atoms with E-state index in [9.17, 15) is 4.57 Å². The van der Waals surface area contributed by atoms with Crippen LogP contribution < -0.4 is 5.32 Å². The summed E-state index contributed by atoms with van der Waals surface area (Å²) < 4.78 is 25.0. The summed E-state index contributed by atoms with van der Waals surface area (Å²) in [6.45, 7) is 0.545. The fraction of sp³-hybridized carbons (Fsp3) is 0.263. The van der Waals surface area contributed by atoms with Gasteiger partial charge in [0.05, 0.1) is 13.2 Å². The van der Waals surface area contributed by atoms with E-state index in [4.69, 9.17) is 9.05 Å². The van der Waals surface area contributed by atoms with Gasteiger partial charge in [-0.15, -0.1) is 0 Å². The lowest BCUT2D eigenvalue weighted by molar-refractivity contribution is 0.179. The van der Waals surface area contributed by atoms with Gasteiger partial charge in [-0.3, -0.25) is 4.57 Å². The molecule has 24 heavy (non-hydrogen) atoms. The molecule has 1 heterocycles. The molecule has 0 spiro atoms. The smallest absolute Gasteiger partial charge is 0.353 e. The Morgan fingerprint density at radius 2 is 1.46 bits per heavy atom. The quantitative estimate of drug-likeness (QED) is 0.731. The standard InChI is InChI=1S/C19H22NO3P/c21-24(19-13-7-8-14-20-19,22-15-17-9-3-1-4-10-17)23-16-18-11-5-2-6-12-18/h1-6,8-12,14,19-20H,7,13,15-16H2. The van der Waals surface area contributed by atoms with Crippen molar-refractivity contribution in [2.75, 3.05) is 0 Å². The van der Waals surface area contributed by atoms with Gasteiger partial charge in [-0.2, -0.15) is 0 Å². The van der Waals surface area contributed by atoms with Crippen LogP contribution in [0.5, 0.6) is 0 Å². The van der Waals surface area contributed by atoms with Gasteiger partial charge >= 0.3 is 7.60 Å². The first kappa shape index (κ1) is 17.0. The first-order valence-corrected chi connectivity index (χ1v) is 9.75. The molecule has 0 aliphatic carbocycles. The van der Waals surface area contributed by atoms with Gasteiger partial charge in [-0.05, 0) is 30.2 Å². The van der Waals surface area contributed by atoms with Crippen molar-refractivity contribution < 1.29 is 13.6 Å². The van der Waals surface area contributed by atoms with Crippen molar-refractivity contribution in [3.8, 4) is 0 Å². The Bertz CT molecular complexity index is 656. The van der Waals surface area contributed by atoms with Crippen molar-refractivity contribution in [3.63, 3.8) is 0 Å². The molecular weight excluding hydrogens is 321 g/mol. The number of benzene rings is 2. The Morgan fingerprint density at radius 1 is 0.917 bits per heavy atom. The van der Waals surface area contributed by atoms with Crippen LogP contribution in [0.2, 0.25) is 0 Å². The number of allylic oxidation sites excluding steroid dienone is 1. The van der Waals surface area contributed by atoms with Gasteiger partial charge < -0.3 is 14.4 Å². The summed E-state index contributed by atoms with van der Waals surface area (Å²) in [5, 5.41) is 3.14. The fourth-order valence-electron chi connectivity index (χ4n) is 2.54. The van der Waals surface area contributed by atoms with E-state index in [0.717, 1.165) is 24.0 Å². The van der Waals surface area contributed by atoms with E-state index in [1.807, 2.05) is 72.9 Å². The van der Waals surface area contributed by atoms with Crippen LogP contribution in [-0.2, 0) is 26.8 Å². The van der Waals surface area contributed by atoms with E-state index >= 15 is 0 Å². The normalized spacial score (nSPS) is 17.4. The van der Waals surface area contributed by atoms with E-state index in [1.54, 1.807) is 0 Å². The zero-order chi connectivity index (χ0) is 16.7. The molecule has 2 aromatic rings. The van der Waals surface area contributed by atoms with Gasteiger partial charge in [0.1, 0.15) is 5.78 Å². The lowest BCUT2D eigenvalue weighted by atomic mass is 10.2. The molecule has 1 N–H and O–H groups in total. The lowest BCUT2D eigenvalue weighted by Crippen LogP contribution is -2.28. The lowest BCUT2D eigenvalue weighted by Gasteiger charge is -2.28. The third kappa shape index (κ3) is 4.57. The Labute approximate surface area is 143 Å². The zero-order valence-corrected chi connectivity index (χ0v) is 14.4. The van der Waals surface area contributed by atoms with Crippen LogP contribution in [0, 0.1) is 0 Å². The molecule has 3 rings (SSSR count). The molecule has 0 bridgehead atoms. The van der Waals surface area contributed by atoms with Crippen LogP contribution in [0.15, 0.2) is 72.9 Å². The molecule has 5 heteroatoms. The molecule has 0 aromatic heterocycles. The van der Waals surface area contributed by atoms with Gasteiger partial charge in [-0.25, -0.2) is 0 Å². The van der Waals surface area contributed by atoms with Gasteiger partial charge in [0.25, 0.3) is 0 Å². The highest BCUT2D eigenvalue weighted by atomic mass is 31.2. The molecule has 0 saturated carbocycles. The van der Waals surface area contributed by atoms with Crippen LogP contribution in [-0.4, -0.2) is 5.78 Å². The maximum Gasteiger partial charge on any atom is 0.353 e. The number of hydrogen-bond acceptors (Lipinski definition) is 4. The molecular formula is C19H22NO3P. The molecule has 1 aliphatic rings. The monoisotopic (exact) mass is 343 g/mol. The molecule has 0 radical (unpaired) electrons. The Balaban J connectivity index is 1.70. The first-order valence-electron chi connectivity index (χ1n) is 8.14. The molecule has 0 amide bonds.